The van der Waals surface area contributed by atoms with Gasteiger partial charge in [-0.05, 0) is 49.4 Å². The summed E-state index contributed by atoms with van der Waals surface area (Å²) in [6.45, 7) is 1.87. The molecule has 1 atom stereocenters. The number of amides is 1. The summed E-state index contributed by atoms with van der Waals surface area (Å²) < 4.78 is 1.42. The Morgan fingerprint density at radius 1 is 1.37 bits per heavy atom. The highest BCUT2D eigenvalue weighted by Crippen LogP contribution is 2.41. The lowest BCUT2D eigenvalue weighted by molar-refractivity contribution is 0.187. The summed E-state index contributed by atoms with van der Waals surface area (Å²) in [5.41, 5.74) is 1.50. The van der Waals surface area contributed by atoms with E-state index >= 15 is 0 Å². The average Bonchev–Trinajstić information content (AvgIpc) is 3.44. The summed E-state index contributed by atoms with van der Waals surface area (Å²) in [4.78, 5) is 33.5. The lowest BCUT2D eigenvalue weighted by Gasteiger charge is -2.21. The molecule has 1 saturated carbocycles. The number of hydrogen-bond acceptors (Lipinski definition) is 4. The zero-order valence-corrected chi connectivity index (χ0v) is 15.3. The van der Waals surface area contributed by atoms with Gasteiger partial charge in [0.05, 0.1) is 33.9 Å². The predicted molar refractivity (Wildman–Crippen MR) is 102 cm³/mol. The van der Waals surface area contributed by atoms with Crippen LogP contribution in [0, 0.1) is 12.8 Å². The molecule has 2 aromatic heterocycles. The number of nitrogens with zero attached hydrogens (tertiary/aromatic N) is 3. The molecular weight excluding hydrogens is 368 g/mol. The standard InChI is InChI=1S/C19H17ClN4O3/c1-10-7-12(9-21-8-10)24-17(16(11-5-6-11)23-19(26)27)22-14-4-2-3-13(20)15(14)18(24)25/h2-4,7-9,11,16,23H,5-6H2,1H3,(H,26,27)/t16-/m0/s1. The number of hydrogen-bond donors (Lipinski definition) is 2. The van der Waals surface area contributed by atoms with Crippen LogP contribution in [0.2, 0.25) is 5.02 Å². The van der Waals surface area contributed by atoms with Crippen molar-refractivity contribution in [2.75, 3.05) is 0 Å². The van der Waals surface area contributed by atoms with Gasteiger partial charge in [-0.15, -0.1) is 0 Å². The van der Waals surface area contributed by atoms with Gasteiger partial charge in [0.1, 0.15) is 5.82 Å². The van der Waals surface area contributed by atoms with Gasteiger partial charge in [0, 0.05) is 6.20 Å². The third-order valence-corrected chi connectivity index (χ3v) is 4.96. The van der Waals surface area contributed by atoms with E-state index in [1.165, 1.54) is 4.57 Å². The molecule has 1 aliphatic rings. The Balaban J connectivity index is 2.05. The number of rotatable bonds is 4. The van der Waals surface area contributed by atoms with Crippen LogP contribution >= 0.6 is 11.6 Å². The number of aryl methyl sites for hydroxylation is 1. The third-order valence-electron chi connectivity index (χ3n) is 4.64. The fourth-order valence-electron chi connectivity index (χ4n) is 3.28. The maximum atomic E-state index is 13.4. The molecule has 0 radical (unpaired) electrons. The van der Waals surface area contributed by atoms with Gasteiger partial charge >= 0.3 is 6.09 Å². The molecule has 3 aromatic rings. The Morgan fingerprint density at radius 2 is 2.15 bits per heavy atom. The van der Waals surface area contributed by atoms with E-state index in [1.807, 2.05) is 13.0 Å². The van der Waals surface area contributed by atoms with Crippen molar-refractivity contribution in [1.29, 1.82) is 0 Å². The largest absolute Gasteiger partial charge is 0.465 e. The molecule has 0 saturated heterocycles. The van der Waals surface area contributed by atoms with Gasteiger partial charge in [0.2, 0.25) is 0 Å². The van der Waals surface area contributed by atoms with E-state index in [9.17, 15) is 14.7 Å². The quantitative estimate of drug-likeness (QED) is 0.717. The van der Waals surface area contributed by atoms with E-state index in [-0.39, 0.29) is 11.5 Å². The summed E-state index contributed by atoms with van der Waals surface area (Å²) in [6, 6.07) is 6.29. The lowest BCUT2D eigenvalue weighted by Crippen LogP contribution is -2.35. The van der Waals surface area contributed by atoms with Crippen LogP contribution in [0.15, 0.2) is 41.5 Å². The molecule has 0 bridgehead atoms. The van der Waals surface area contributed by atoms with Crippen LogP contribution in [0.25, 0.3) is 16.6 Å². The first-order valence-corrected chi connectivity index (χ1v) is 8.96. The van der Waals surface area contributed by atoms with Crippen LogP contribution in [0.5, 0.6) is 0 Å². The lowest BCUT2D eigenvalue weighted by atomic mass is 10.1. The Bertz CT molecular complexity index is 1110. The number of halogens is 1. The Labute approximate surface area is 159 Å². The SMILES string of the molecule is Cc1cncc(-n2c([C@@H](NC(=O)O)C3CC3)nc3cccc(Cl)c3c2=O)c1. The molecule has 0 spiro atoms. The summed E-state index contributed by atoms with van der Waals surface area (Å²) in [6.07, 6.45) is 3.85. The minimum Gasteiger partial charge on any atom is -0.465 e. The van der Waals surface area contributed by atoms with E-state index in [0.29, 0.717) is 27.4 Å². The molecule has 1 amide bonds. The van der Waals surface area contributed by atoms with Crippen LogP contribution in [-0.4, -0.2) is 25.7 Å². The Kier molecular flexibility index (Phi) is 4.31. The summed E-state index contributed by atoms with van der Waals surface area (Å²) >= 11 is 6.27. The van der Waals surface area contributed by atoms with Gasteiger partial charge in [-0.1, -0.05) is 17.7 Å². The van der Waals surface area contributed by atoms with Gasteiger partial charge in [0.25, 0.3) is 5.56 Å². The molecule has 8 heteroatoms. The van der Waals surface area contributed by atoms with Gasteiger partial charge in [-0.3, -0.25) is 14.3 Å². The number of aromatic nitrogens is 3. The first kappa shape index (κ1) is 17.5. The zero-order valence-electron chi connectivity index (χ0n) is 14.5. The maximum Gasteiger partial charge on any atom is 0.405 e. The fourth-order valence-corrected chi connectivity index (χ4v) is 3.53. The van der Waals surface area contributed by atoms with Crippen LogP contribution in [0.4, 0.5) is 4.79 Å². The van der Waals surface area contributed by atoms with Crippen molar-refractivity contribution in [2.24, 2.45) is 5.92 Å². The fraction of sp³-hybridized carbons (Fsp3) is 0.263. The molecule has 27 heavy (non-hydrogen) atoms. The zero-order chi connectivity index (χ0) is 19.1. The molecule has 7 nitrogen and oxygen atoms in total. The molecular formula is C19H17ClN4O3. The van der Waals surface area contributed by atoms with E-state index in [2.05, 4.69) is 15.3 Å². The van der Waals surface area contributed by atoms with Crippen molar-refractivity contribution in [3.8, 4) is 5.69 Å². The van der Waals surface area contributed by atoms with Gasteiger partial charge < -0.3 is 10.4 Å². The first-order valence-electron chi connectivity index (χ1n) is 8.58. The Hall–Kier alpha value is -2.93. The second kappa shape index (κ2) is 6.66. The molecule has 0 unspecified atom stereocenters. The second-order valence-electron chi connectivity index (χ2n) is 6.73. The van der Waals surface area contributed by atoms with Crippen molar-refractivity contribution in [3.05, 3.63) is 63.4 Å². The summed E-state index contributed by atoms with van der Waals surface area (Å²) in [7, 11) is 0. The van der Waals surface area contributed by atoms with E-state index < -0.39 is 12.1 Å². The van der Waals surface area contributed by atoms with E-state index in [0.717, 1.165) is 18.4 Å². The highest BCUT2D eigenvalue weighted by Gasteiger charge is 2.37. The number of nitrogens with one attached hydrogen (secondary N) is 1. The molecule has 138 valence electrons. The number of fused-ring (bicyclic) bond motifs is 1. The second-order valence-corrected chi connectivity index (χ2v) is 7.14. The summed E-state index contributed by atoms with van der Waals surface area (Å²) in [5, 5.41) is 12.4. The third kappa shape index (κ3) is 3.26. The smallest absolute Gasteiger partial charge is 0.405 e. The molecule has 2 heterocycles. The van der Waals surface area contributed by atoms with Gasteiger partial charge in [-0.25, -0.2) is 9.78 Å². The average molecular weight is 385 g/mol. The number of benzene rings is 1. The number of carbonyl (C=O) groups is 1. The number of carboxylic acid groups (broad SMARTS) is 1. The normalized spacial score (nSPS) is 14.9. The minimum absolute atomic E-state index is 0.105. The number of pyridine rings is 1. The van der Waals surface area contributed by atoms with Crippen molar-refractivity contribution in [2.45, 2.75) is 25.8 Å². The monoisotopic (exact) mass is 384 g/mol. The topological polar surface area (TPSA) is 97.1 Å². The maximum absolute atomic E-state index is 13.4. The van der Waals surface area contributed by atoms with Crippen LogP contribution in [0.1, 0.15) is 30.3 Å². The molecule has 1 fully saturated rings. The predicted octanol–water partition coefficient (Wildman–Crippen LogP) is 3.46. The molecule has 4 rings (SSSR count). The van der Waals surface area contributed by atoms with Crippen molar-refractivity contribution in [1.82, 2.24) is 19.9 Å². The molecule has 2 N–H and O–H groups in total. The first-order chi connectivity index (χ1) is 13.0. The minimum atomic E-state index is -1.15. The highest BCUT2D eigenvalue weighted by atomic mass is 35.5. The van der Waals surface area contributed by atoms with Crippen molar-refractivity contribution >= 4 is 28.6 Å². The molecule has 0 aliphatic heterocycles. The van der Waals surface area contributed by atoms with Gasteiger partial charge in [0.15, 0.2) is 0 Å². The molecule has 1 aromatic carbocycles. The van der Waals surface area contributed by atoms with E-state index in [4.69, 9.17) is 11.6 Å². The van der Waals surface area contributed by atoms with E-state index in [1.54, 1.807) is 30.6 Å². The summed E-state index contributed by atoms with van der Waals surface area (Å²) in [5.74, 6) is 0.459. The highest BCUT2D eigenvalue weighted by molar-refractivity contribution is 6.35. The van der Waals surface area contributed by atoms with Gasteiger partial charge in [-0.2, -0.15) is 0 Å². The van der Waals surface area contributed by atoms with Crippen LogP contribution in [0.3, 0.4) is 0 Å². The molecule has 1 aliphatic carbocycles. The van der Waals surface area contributed by atoms with Crippen LogP contribution < -0.4 is 10.9 Å². The van der Waals surface area contributed by atoms with Crippen LogP contribution in [-0.2, 0) is 0 Å². The Morgan fingerprint density at radius 3 is 2.81 bits per heavy atom. The van der Waals surface area contributed by atoms with Crippen molar-refractivity contribution in [3.63, 3.8) is 0 Å². The van der Waals surface area contributed by atoms with Crippen molar-refractivity contribution < 1.29 is 9.90 Å².